The summed E-state index contributed by atoms with van der Waals surface area (Å²) in [6, 6.07) is 8.12. The van der Waals surface area contributed by atoms with Crippen molar-refractivity contribution in [1.29, 1.82) is 0 Å². The maximum absolute atomic E-state index is 11.7. The van der Waals surface area contributed by atoms with Gasteiger partial charge in [-0.1, -0.05) is 37.1 Å². The van der Waals surface area contributed by atoms with E-state index in [1.807, 2.05) is 24.3 Å². The van der Waals surface area contributed by atoms with Crippen molar-refractivity contribution in [3.63, 3.8) is 0 Å². The van der Waals surface area contributed by atoms with Gasteiger partial charge in [0.25, 0.3) is 0 Å². The first-order valence-electron chi connectivity index (χ1n) is 6.96. The highest BCUT2D eigenvalue weighted by molar-refractivity contribution is 5.78. The van der Waals surface area contributed by atoms with Gasteiger partial charge in [-0.3, -0.25) is 4.79 Å². The minimum absolute atomic E-state index is 0.0516. The Morgan fingerprint density at radius 2 is 2.00 bits per heavy atom. The molecule has 0 saturated heterocycles. The highest BCUT2D eigenvalue weighted by Gasteiger charge is 2.16. The SMILES string of the molecule is O=C(CNCc1cccc(CO)c1)NC1CCCC1. The molecule has 3 N–H and O–H groups in total. The smallest absolute Gasteiger partial charge is 0.234 e. The molecular weight excluding hydrogens is 240 g/mol. The lowest BCUT2D eigenvalue weighted by atomic mass is 10.1. The minimum Gasteiger partial charge on any atom is -0.392 e. The van der Waals surface area contributed by atoms with Crippen molar-refractivity contribution >= 4 is 5.91 Å². The molecule has 1 fully saturated rings. The summed E-state index contributed by atoms with van der Waals surface area (Å²) >= 11 is 0. The summed E-state index contributed by atoms with van der Waals surface area (Å²) in [6.07, 6.45) is 4.69. The van der Waals surface area contributed by atoms with E-state index in [0.717, 1.165) is 24.0 Å². The zero-order chi connectivity index (χ0) is 13.5. The fraction of sp³-hybridized carbons (Fsp3) is 0.533. The number of amides is 1. The molecule has 0 aromatic heterocycles. The Balaban J connectivity index is 1.68. The summed E-state index contributed by atoms with van der Waals surface area (Å²) in [5.41, 5.74) is 1.98. The van der Waals surface area contributed by atoms with Crippen LogP contribution in [0.15, 0.2) is 24.3 Å². The average Bonchev–Trinajstić information content (AvgIpc) is 2.92. The quantitative estimate of drug-likeness (QED) is 0.725. The largest absolute Gasteiger partial charge is 0.392 e. The van der Waals surface area contributed by atoms with E-state index in [1.165, 1.54) is 12.8 Å². The number of hydrogen-bond donors (Lipinski definition) is 3. The molecule has 104 valence electrons. The lowest BCUT2D eigenvalue weighted by Crippen LogP contribution is -2.38. The molecule has 0 bridgehead atoms. The highest BCUT2D eigenvalue weighted by Crippen LogP contribution is 2.17. The first-order valence-corrected chi connectivity index (χ1v) is 6.96. The molecule has 0 radical (unpaired) electrons. The fourth-order valence-electron chi connectivity index (χ4n) is 2.51. The molecule has 0 atom stereocenters. The van der Waals surface area contributed by atoms with E-state index in [9.17, 15) is 4.79 Å². The number of carbonyl (C=O) groups is 1. The van der Waals surface area contributed by atoms with Gasteiger partial charge in [0.2, 0.25) is 5.91 Å². The Morgan fingerprint density at radius 1 is 1.26 bits per heavy atom. The first-order chi connectivity index (χ1) is 9.28. The second-order valence-electron chi connectivity index (χ2n) is 5.13. The van der Waals surface area contributed by atoms with Crippen LogP contribution in [0.5, 0.6) is 0 Å². The number of aliphatic hydroxyl groups excluding tert-OH is 1. The summed E-state index contributed by atoms with van der Waals surface area (Å²) in [4.78, 5) is 11.7. The Labute approximate surface area is 114 Å². The third-order valence-corrected chi connectivity index (χ3v) is 3.51. The van der Waals surface area contributed by atoms with Crippen molar-refractivity contribution < 1.29 is 9.90 Å². The van der Waals surface area contributed by atoms with Crippen molar-refractivity contribution in [2.75, 3.05) is 6.54 Å². The van der Waals surface area contributed by atoms with Gasteiger partial charge in [-0.25, -0.2) is 0 Å². The van der Waals surface area contributed by atoms with E-state index in [1.54, 1.807) is 0 Å². The van der Waals surface area contributed by atoms with Crippen LogP contribution in [-0.2, 0) is 17.9 Å². The molecule has 0 spiro atoms. The van der Waals surface area contributed by atoms with Crippen LogP contribution < -0.4 is 10.6 Å². The lowest BCUT2D eigenvalue weighted by Gasteiger charge is -2.12. The highest BCUT2D eigenvalue weighted by atomic mass is 16.3. The third kappa shape index (κ3) is 4.65. The maximum Gasteiger partial charge on any atom is 0.234 e. The monoisotopic (exact) mass is 262 g/mol. The van der Waals surface area contributed by atoms with Gasteiger partial charge in [0.1, 0.15) is 0 Å². The topological polar surface area (TPSA) is 61.4 Å². The van der Waals surface area contributed by atoms with Gasteiger partial charge in [-0.15, -0.1) is 0 Å². The van der Waals surface area contributed by atoms with Crippen molar-refractivity contribution in [1.82, 2.24) is 10.6 Å². The molecule has 1 saturated carbocycles. The summed E-state index contributed by atoms with van der Waals surface area (Å²) in [7, 11) is 0. The normalized spacial score (nSPS) is 15.6. The lowest BCUT2D eigenvalue weighted by molar-refractivity contribution is -0.120. The van der Waals surface area contributed by atoms with Crippen molar-refractivity contribution in [2.45, 2.75) is 44.9 Å². The second-order valence-corrected chi connectivity index (χ2v) is 5.13. The van der Waals surface area contributed by atoms with Gasteiger partial charge in [-0.05, 0) is 24.0 Å². The number of carbonyl (C=O) groups excluding carboxylic acids is 1. The minimum atomic E-state index is 0.0516. The molecule has 1 amide bonds. The van der Waals surface area contributed by atoms with Gasteiger partial charge < -0.3 is 15.7 Å². The van der Waals surface area contributed by atoms with E-state index in [4.69, 9.17) is 5.11 Å². The molecule has 0 heterocycles. The number of rotatable bonds is 6. The van der Waals surface area contributed by atoms with Gasteiger partial charge in [-0.2, -0.15) is 0 Å². The van der Waals surface area contributed by atoms with Crippen LogP contribution in [0, 0.1) is 0 Å². The van der Waals surface area contributed by atoms with Gasteiger partial charge in [0, 0.05) is 12.6 Å². The molecule has 1 aliphatic carbocycles. The number of benzene rings is 1. The Bertz CT molecular complexity index is 414. The molecule has 19 heavy (non-hydrogen) atoms. The number of aliphatic hydroxyl groups is 1. The summed E-state index contributed by atoms with van der Waals surface area (Å²) in [6.45, 7) is 1.04. The second kappa shape index (κ2) is 7.26. The van der Waals surface area contributed by atoms with E-state index < -0.39 is 0 Å². The molecule has 4 nitrogen and oxygen atoms in total. The Kier molecular flexibility index (Phi) is 5.36. The van der Waals surface area contributed by atoms with Crippen LogP contribution in [0.3, 0.4) is 0 Å². The first kappa shape index (κ1) is 14.0. The molecule has 1 aromatic rings. The maximum atomic E-state index is 11.7. The zero-order valence-corrected chi connectivity index (χ0v) is 11.2. The summed E-state index contributed by atoms with van der Waals surface area (Å²) < 4.78 is 0. The summed E-state index contributed by atoms with van der Waals surface area (Å²) in [5.74, 6) is 0.0743. The summed E-state index contributed by atoms with van der Waals surface area (Å²) in [5, 5.41) is 15.2. The molecule has 0 aliphatic heterocycles. The van der Waals surface area contributed by atoms with Gasteiger partial charge in [0.05, 0.1) is 13.2 Å². The van der Waals surface area contributed by atoms with Gasteiger partial charge in [0.15, 0.2) is 0 Å². The number of nitrogens with one attached hydrogen (secondary N) is 2. The average molecular weight is 262 g/mol. The predicted molar refractivity (Wildman–Crippen MR) is 74.5 cm³/mol. The predicted octanol–water partition coefficient (Wildman–Crippen LogP) is 1.33. The van der Waals surface area contributed by atoms with Crippen LogP contribution >= 0.6 is 0 Å². The van der Waals surface area contributed by atoms with Gasteiger partial charge >= 0.3 is 0 Å². The van der Waals surface area contributed by atoms with Crippen molar-refractivity contribution in [3.05, 3.63) is 35.4 Å². The fourth-order valence-corrected chi connectivity index (χ4v) is 2.51. The molecule has 1 aromatic carbocycles. The van der Waals surface area contributed by atoms with E-state index >= 15 is 0 Å². The number of hydrogen-bond acceptors (Lipinski definition) is 3. The van der Waals surface area contributed by atoms with Crippen LogP contribution in [0.25, 0.3) is 0 Å². The van der Waals surface area contributed by atoms with E-state index in [2.05, 4.69) is 10.6 Å². The van der Waals surface area contributed by atoms with Crippen LogP contribution in [0.2, 0.25) is 0 Å². The van der Waals surface area contributed by atoms with Crippen molar-refractivity contribution in [2.24, 2.45) is 0 Å². The third-order valence-electron chi connectivity index (χ3n) is 3.51. The molecule has 0 unspecified atom stereocenters. The van der Waals surface area contributed by atoms with Crippen LogP contribution in [0.4, 0.5) is 0 Å². The van der Waals surface area contributed by atoms with Crippen LogP contribution in [-0.4, -0.2) is 23.6 Å². The molecule has 1 aliphatic rings. The molecule has 2 rings (SSSR count). The van der Waals surface area contributed by atoms with E-state index in [0.29, 0.717) is 19.1 Å². The Morgan fingerprint density at radius 3 is 2.74 bits per heavy atom. The zero-order valence-electron chi connectivity index (χ0n) is 11.2. The molecule has 4 heteroatoms. The standard InChI is InChI=1S/C15H22N2O2/c18-11-13-5-3-4-12(8-13)9-16-10-15(19)17-14-6-1-2-7-14/h3-5,8,14,16,18H,1-2,6-7,9-11H2,(H,17,19). The molecular formula is C15H22N2O2. The van der Waals surface area contributed by atoms with E-state index in [-0.39, 0.29) is 12.5 Å². The van der Waals surface area contributed by atoms with Crippen molar-refractivity contribution in [3.8, 4) is 0 Å². The Hall–Kier alpha value is -1.39. The van der Waals surface area contributed by atoms with Crippen LogP contribution in [0.1, 0.15) is 36.8 Å².